The zero-order valence-corrected chi connectivity index (χ0v) is 24.7. The molecule has 0 aliphatic carbocycles. The molecule has 4 aromatic rings. The molecule has 2 aromatic carbocycles. The molecule has 0 aliphatic rings. The number of primary amides is 1. The van der Waals surface area contributed by atoms with Crippen molar-refractivity contribution in [1.29, 1.82) is 5.26 Å². The first-order valence-electron chi connectivity index (χ1n) is 13.2. The average Bonchev–Trinajstić information content (AvgIpc) is 3.32. The summed E-state index contributed by atoms with van der Waals surface area (Å²) in [7, 11) is 0. The highest BCUT2D eigenvalue weighted by Gasteiger charge is 2.17. The normalized spacial score (nSPS) is 11.0. The van der Waals surface area contributed by atoms with Crippen molar-refractivity contribution in [2.24, 2.45) is 11.5 Å². The molecule has 0 unspecified atom stereocenters. The fourth-order valence-electron chi connectivity index (χ4n) is 4.16. The molecular formula is C31H35N7OS2. The van der Waals surface area contributed by atoms with Crippen molar-refractivity contribution in [1.82, 2.24) is 10.3 Å². The molecule has 0 aliphatic heterocycles. The van der Waals surface area contributed by atoms with E-state index in [1.54, 1.807) is 6.20 Å². The molecule has 8 nitrogen and oxygen atoms in total. The molecule has 0 spiro atoms. The molecule has 4 rings (SSSR count). The summed E-state index contributed by atoms with van der Waals surface area (Å²) in [4.78, 5) is 16.9. The number of nitrogens with zero attached hydrogens (tertiary/aromatic N) is 2. The number of hydrogen-bond donors (Lipinski definition) is 5. The van der Waals surface area contributed by atoms with Gasteiger partial charge in [0.2, 0.25) is 0 Å². The van der Waals surface area contributed by atoms with Crippen LogP contribution in [0.15, 0.2) is 84.2 Å². The summed E-state index contributed by atoms with van der Waals surface area (Å²) in [5.74, 6) is -0.513. The molecular weight excluding hydrogens is 551 g/mol. The number of amides is 1. The van der Waals surface area contributed by atoms with Crippen LogP contribution in [0.2, 0.25) is 0 Å². The second-order valence-corrected chi connectivity index (χ2v) is 10.7. The minimum Gasteiger partial charge on any atom is -0.397 e. The minimum absolute atomic E-state index is 0.144. The topological polar surface area (TPSA) is 156 Å². The number of carbonyl (C=O) groups excluding carboxylic acids is 1. The third-order valence-corrected chi connectivity index (χ3v) is 7.59. The largest absolute Gasteiger partial charge is 0.397 e. The number of benzene rings is 2. The lowest BCUT2D eigenvalue weighted by Crippen LogP contribution is -2.20. The maximum atomic E-state index is 11.4. The molecule has 212 valence electrons. The standard InChI is InChI=1S/C17H18N4OS.C14H17N3S/c18-14-13-12(8-10-21-17(13)23-15(14)16(19)22)20-9-4-7-11-5-2-1-3-6-11;1-11(13(10-15)14(16)18)17-9-5-8-12-6-3-2-4-7-12/h1-3,5-6,8,10H,4,7,9,18H2,(H2,19,22)(H,20,21);2-4,6-7,17H,5,8-9H2,1H3,(H2,16,18)/b;13-11-. The van der Waals surface area contributed by atoms with Crippen LogP contribution in [0, 0.1) is 11.3 Å². The summed E-state index contributed by atoms with van der Waals surface area (Å²) in [6.07, 6.45) is 5.73. The Kier molecular flexibility index (Phi) is 12.1. The van der Waals surface area contributed by atoms with Crippen LogP contribution >= 0.6 is 23.6 Å². The number of thiophene rings is 1. The van der Waals surface area contributed by atoms with E-state index in [2.05, 4.69) is 39.9 Å². The number of nitrogen functional groups attached to an aromatic ring is 1. The molecule has 41 heavy (non-hydrogen) atoms. The number of anilines is 2. The van der Waals surface area contributed by atoms with E-state index in [0.29, 0.717) is 16.1 Å². The highest BCUT2D eigenvalue weighted by Crippen LogP contribution is 2.36. The number of aryl methyl sites for hydroxylation is 2. The van der Waals surface area contributed by atoms with Gasteiger partial charge in [-0.3, -0.25) is 4.79 Å². The first-order valence-corrected chi connectivity index (χ1v) is 14.5. The Morgan fingerprint density at radius 2 is 1.56 bits per heavy atom. The number of rotatable bonds is 12. The van der Waals surface area contributed by atoms with Gasteiger partial charge in [0.15, 0.2) is 0 Å². The highest BCUT2D eigenvalue weighted by molar-refractivity contribution is 7.80. The summed E-state index contributed by atoms with van der Waals surface area (Å²) in [6.45, 7) is 3.43. The van der Waals surface area contributed by atoms with Crippen LogP contribution in [0.3, 0.4) is 0 Å². The summed E-state index contributed by atoms with van der Waals surface area (Å²) in [6, 6.07) is 24.6. The first-order chi connectivity index (χ1) is 19.8. The van der Waals surface area contributed by atoms with Gasteiger partial charge >= 0.3 is 0 Å². The number of carbonyl (C=O) groups is 1. The quantitative estimate of drug-likeness (QED) is 0.0648. The molecule has 0 saturated heterocycles. The average molecular weight is 586 g/mol. The van der Waals surface area contributed by atoms with Crippen molar-refractivity contribution in [2.75, 3.05) is 24.1 Å². The van der Waals surface area contributed by atoms with Gasteiger partial charge in [-0.25, -0.2) is 4.98 Å². The maximum Gasteiger partial charge on any atom is 0.260 e. The Balaban J connectivity index is 0.000000233. The van der Waals surface area contributed by atoms with Crippen molar-refractivity contribution in [3.8, 4) is 6.07 Å². The van der Waals surface area contributed by atoms with E-state index in [9.17, 15) is 4.79 Å². The summed E-state index contributed by atoms with van der Waals surface area (Å²) >= 11 is 6.04. The number of aromatic nitrogens is 1. The second kappa shape index (κ2) is 16.0. The van der Waals surface area contributed by atoms with Gasteiger partial charge in [-0.05, 0) is 49.8 Å². The smallest absolute Gasteiger partial charge is 0.260 e. The molecule has 2 aromatic heterocycles. The van der Waals surface area contributed by atoms with Crippen LogP contribution in [0.5, 0.6) is 0 Å². The van der Waals surface area contributed by atoms with Crippen molar-refractivity contribution in [3.05, 3.63) is 100 Å². The molecule has 8 N–H and O–H groups in total. The van der Waals surface area contributed by atoms with Crippen LogP contribution in [-0.4, -0.2) is 29.0 Å². The lowest BCUT2D eigenvalue weighted by molar-refractivity contribution is 0.100. The van der Waals surface area contributed by atoms with Crippen molar-refractivity contribution in [3.63, 3.8) is 0 Å². The van der Waals surface area contributed by atoms with Crippen molar-refractivity contribution in [2.45, 2.75) is 32.6 Å². The Labute approximate surface area is 250 Å². The molecule has 0 fully saturated rings. The van der Waals surface area contributed by atoms with Gasteiger partial charge in [0.05, 0.1) is 11.1 Å². The Morgan fingerprint density at radius 1 is 0.976 bits per heavy atom. The van der Waals surface area contributed by atoms with Gasteiger partial charge in [-0.2, -0.15) is 5.26 Å². The van der Waals surface area contributed by atoms with E-state index in [0.717, 1.165) is 60.4 Å². The Bertz CT molecular complexity index is 1530. The van der Waals surface area contributed by atoms with Crippen LogP contribution in [0.25, 0.3) is 10.2 Å². The Morgan fingerprint density at radius 3 is 2.10 bits per heavy atom. The van der Waals surface area contributed by atoms with Gasteiger partial charge in [-0.15, -0.1) is 11.3 Å². The zero-order valence-electron chi connectivity index (χ0n) is 23.0. The molecule has 2 heterocycles. The van der Waals surface area contributed by atoms with Crippen LogP contribution in [-0.2, 0) is 12.8 Å². The number of thiocarbonyl (C=S) groups is 1. The molecule has 0 bridgehead atoms. The summed E-state index contributed by atoms with van der Waals surface area (Å²) in [5.41, 5.74) is 21.9. The fourth-order valence-corrected chi connectivity index (χ4v) is 5.30. The molecule has 10 heteroatoms. The number of hydrogen-bond acceptors (Lipinski definition) is 8. The van der Waals surface area contributed by atoms with Gasteiger partial charge in [0.25, 0.3) is 5.91 Å². The van der Waals surface area contributed by atoms with Gasteiger partial charge < -0.3 is 27.8 Å². The third-order valence-electron chi connectivity index (χ3n) is 6.26. The first kappa shape index (κ1) is 31.1. The van der Waals surface area contributed by atoms with E-state index in [4.69, 9.17) is 34.7 Å². The van der Waals surface area contributed by atoms with Crippen LogP contribution in [0.1, 0.15) is 40.6 Å². The molecule has 0 saturated carbocycles. The lowest BCUT2D eigenvalue weighted by Gasteiger charge is -2.08. The number of nitrogens with one attached hydrogen (secondary N) is 2. The van der Waals surface area contributed by atoms with E-state index >= 15 is 0 Å². The number of allylic oxidation sites excluding steroid dienone is 1. The van der Waals surface area contributed by atoms with E-state index < -0.39 is 5.91 Å². The number of nitriles is 1. The Hall–Kier alpha value is -4.46. The predicted octanol–water partition coefficient (Wildman–Crippen LogP) is 5.31. The molecule has 1 amide bonds. The monoisotopic (exact) mass is 585 g/mol. The second-order valence-electron chi connectivity index (χ2n) is 9.26. The summed E-state index contributed by atoms with van der Waals surface area (Å²) in [5, 5.41) is 16.2. The molecule has 0 atom stereocenters. The molecule has 0 radical (unpaired) electrons. The number of pyridine rings is 1. The van der Waals surface area contributed by atoms with Gasteiger partial charge in [0, 0.05) is 30.7 Å². The van der Waals surface area contributed by atoms with Gasteiger partial charge in [0.1, 0.15) is 26.3 Å². The van der Waals surface area contributed by atoms with Crippen LogP contribution in [0.4, 0.5) is 11.4 Å². The third kappa shape index (κ3) is 9.31. The van der Waals surface area contributed by atoms with Crippen molar-refractivity contribution >= 4 is 56.0 Å². The summed E-state index contributed by atoms with van der Waals surface area (Å²) < 4.78 is 0. The van der Waals surface area contributed by atoms with E-state index in [1.165, 1.54) is 22.5 Å². The van der Waals surface area contributed by atoms with Gasteiger partial charge in [-0.1, -0.05) is 72.9 Å². The van der Waals surface area contributed by atoms with E-state index in [1.807, 2.05) is 55.5 Å². The van der Waals surface area contributed by atoms with Crippen LogP contribution < -0.4 is 27.8 Å². The van der Waals surface area contributed by atoms with E-state index in [-0.39, 0.29) is 4.99 Å². The fraction of sp³-hybridized carbons (Fsp3) is 0.226. The maximum absolute atomic E-state index is 11.4. The highest BCUT2D eigenvalue weighted by atomic mass is 32.1. The minimum atomic E-state index is -0.513. The lowest BCUT2D eigenvalue weighted by atomic mass is 10.1. The predicted molar refractivity (Wildman–Crippen MR) is 174 cm³/mol. The number of nitrogens with two attached hydrogens (primary N) is 3. The zero-order chi connectivity index (χ0) is 29.6. The SMILES string of the molecule is C/C(NCCCc1ccccc1)=C(\C#N)C(N)=S.NC(=O)c1sc2nccc(NCCCc3ccccc3)c2c1N. The number of fused-ring (bicyclic) bond motifs is 1. The van der Waals surface area contributed by atoms with Crippen molar-refractivity contribution < 1.29 is 4.79 Å².